The van der Waals surface area contributed by atoms with Crippen LogP contribution in [0.2, 0.25) is 0 Å². The van der Waals surface area contributed by atoms with Gasteiger partial charge in [0.25, 0.3) is 12.3 Å². The number of anilines is 1. The van der Waals surface area contributed by atoms with Crippen molar-refractivity contribution in [3.63, 3.8) is 0 Å². The number of benzene rings is 2. The quantitative estimate of drug-likeness (QED) is 0.397. The van der Waals surface area contributed by atoms with Crippen LogP contribution in [-0.2, 0) is 11.6 Å². The molecule has 2 aromatic heterocycles. The van der Waals surface area contributed by atoms with E-state index >= 15 is 0 Å². The zero-order chi connectivity index (χ0) is 24.0. The number of hydrogen-bond donors (Lipinski definition) is 1. The summed E-state index contributed by atoms with van der Waals surface area (Å²) in [6, 6.07) is 14.9. The fourth-order valence-corrected chi connectivity index (χ4v) is 2.91. The highest BCUT2D eigenvalue weighted by Gasteiger charge is 2.20. The van der Waals surface area contributed by atoms with Crippen LogP contribution in [0.5, 0.6) is 11.5 Å². The van der Waals surface area contributed by atoms with Gasteiger partial charge in [0.2, 0.25) is 0 Å². The molecule has 1 N–H and O–H groups in total. The number of fused-ring (bicyclic) bond motifs is 1. The van der Waals surface area contributed by atoms with Crippen molar-refractivity contribution in [3.8, 4) is 11.5 Å². The zero-order valence-electron chi connectivity index (χ0n) is 17.5. The second-order valence-corrected chi connectivity index (χ2v) is 7.13. The van der Waals surface area contributed by atoms with Gasteiger partial charge in [0.15, 0.2) is 5.76 Å². The lowest BCUT2D eigenvalue weighted by Crippen LogP contribution is -2.13. The van der Waals surface area contributed by atoms with Gasteiger partial charge in [0, 0.05) is 11.8 Å². The molecule has 0 spiro atoms. The molecule has 4 rings (SSSR count). The van der Waals surface area contributed by atoms with E-state index in [2.05, 4.69) is 10.3 Å². The zero-order valence-corrected chi connectivity index (χ0v) is 18.3. The van der Waals surface area contributed by atoms with Crippen LogP contribution in [0.1, 0.15) is 33.7 Å². The lowest BCUT2D eigenvalue weighted by Gasteiger charge is -2.10. The average molecular weight is 472 g/mol. The summed E-state index contributed by atoms with van der Waals surface area (Å²) < 4.78 is 54.1. The number of pyridine rings is 1. The third-order valence-electron chi connectivity index (χ3n) is 4.50. The Hall–Kier alpha value is -3.92. The summed E-state index contributed by atoms with van der Waals surface area (Å²) in [5.74, 6) is 0.182. The molecule has 2 heterocycles. The van der Waals surface area contributed by atoms with Gasteiger partial charge in [-0.15, -0.1) is 0 Å². The van der Waals surface area contributed by atoms with Gasteiger partial charge < -0.3 is 14.5 Å². The number of alkyl halides is 2. The summed E-state index contributed by atoms with van der Waals surface area (Å²) in [4.78, 5) is 16.9. The Labute approximate surface area is 191 Å². The average Bonchev–Trinajstić information content (AvgIpc) is 3.22. The first-order chi connectivity index (χ1) is 15.8. The molecule has 0 radical (unpaired) electrons. The number of carbonyl (C=O) groups excluding carboxylic acids is 1. The van der Waals surface area contributed by atoms with Crippen LogP contribution < -0.4 is 10.1 Å². The molecule has 1 amide bonds. The van der Waals surface area contributed by atoms with Crippen molar-refractivity contribution in [1.29, 1.82) is 0 Å². The molecular formula is C23H18F2N2O5S. The molecule has 33 heavy (non-hydrogen) atoms. The summed E-state index contributed by atoms with van der Waals surface area (Å²) >= 11 is -0.750. The smallest absolute Gasteiger partial charge is 0.335 e. The van der Waals surface area contributed by atoms with Crippen molar-refractivity contribution < 1.29 is 31.1 Å². The van der Waals surface area contributed by atoms with E-state index in [1.807, 2.05) is 32.0 Å². The van der Waals surface area contributed by atoms with Gasteiger partial charge in [-0.3, -0.25) is 4.79 Å². The Morgan fingerprint density at radius 3 is 2.30 bits per heavy atom. The van der Waals surface area contributed by atoms with E-state index in [0.717, 1.165) is 11.1 Å². The van der Waals surface area contributed by atoms with E-state index in [-0.39, 0.29) is 16.9 Å². The lowest BCUT2D eigenvalue weighted by molar-refractivity contribution is 0.102. The summed E-state index contributed by atoms with van der Waals surface area (Å²) in [5, 5.41) is 3.04. The summed E-state index contributed by atoms with van der Waals surface area (Å²) in [5.41, 5.74) is 2.34. The molecule has 0 aliphatic rings. The van der Waals surface area contributed by atoms with Gasteiger partial charge in [-0.1, -0.05) is 23.8 Å². The normalized spacial score (nSPS) is 10.5. The second-order valence-electron chi connectivity index (χ2n) is 6.99. The minimum Gasteiger partial charge on any atom is -0.457 e. The molecule has 0 aliphatic heterocycles. The molecule has 0 saturated heterocycles. The molecule has 0 atom stereocenters. The van der Waals surface area contributed by atoms with Crippen LogP contribution in [0.15, 0.2) is 65.2 Å². The van der Waals surface area contributed by atoms with Gasteiger partial charge >= 0.3 is 11.6 Å². The maximum absolute atomic E-state index is 13.2. The molecule has 0 saturated carbocycles. The van der Waals surface area contributed by atoms with Crippen molar-refractivity contribution >= 4 is 34.3 Å². The monoisotopic (exact) mass is 472 g/mol. The van der Waals surface area contributed by atoms with E-state index < -0.39 is 29.7 Å². The molecule has 2 aromatic carbocycles. The summed E-state index contributed by atoms with van der Waals surface area (Å²) in [6.07, 6.45) is -1.15. The van der Waals surface area contributed by atoms with Gasteiger partial charge in [0.05, 0.1) is 5.39 Å². The fraction of sp³-hybridized carbons (Fsp3) is 0.130. The van der Waals surface area contributed by atoms with Crippen LogP contribution in [0.4, 0.5) is 14.6 Å². The van der Waals surface area contributed by atoms with Crippen molar-refractivity contribution in [1.82, 2.24) is 4.98 Å². The number of carbonyl (C=O) groups is 1. The number of aryl methyl sites for hydroxylation is 2. The lowest BCUT2D eigenvalue weighted by atomic mass is 10.1. The van der Waals surface area contributed by atoms with Crippen molar-refractivity contribution in [2.45, 2.75) is 20.3 Å². The number of nitrogens with one attached hydrogen (secondary N) is 1. The van der Waals surface area contributed by atoms with Gasteiger partial charge in [-0.2, -0.15) is 8.42 Å². The number of hydrogen-bond acceptors (Lipinski definition) is 6. The molecular weight excluding hydrogens is 454 g/mol. The second kappa shape index (κ2) is 10.6. The standard InChI is InChI=1S/C23H18F2N2O3.O2S/c1-13-3-6-16(7-4-13)29-18-9-15(10-19-17(18)11-20(30-19)22(24)25)23(28)27-21-8-5-14(2)12-26-21;1-3-2/h3-12,22H,1-2H3,(H,26,27,28);. The minimum atomic E-state index is -2.78. The maximum Gasteiger partial charge on any atom is 0.335 e. The number of amides is 1. The summed E-state index contributed by atoms with van der Waals surface area (Å²) in [6.45, 7) is 3.83. The molecule has 0 unspecified atom stereocenters. The van der Waals surface area contributed by atoms with Crippen LogP contribution in [0.3, 0.4) is 0 Å². The highest BCUT2D eigenvalue weighted by atomic mass is 32.1. The Balaban J connectivity index is 0.000000968. The van der Waals surface area contributed by atoms with E-state index in [4.69, 9.17) is 17.6 Å². The Morgan fingerprint density at radius 2 is 1.70 bits per heavy atom. The number of rotatable bonds is 5. The third-order valence-corrected chi connectivity index (χ3v) is 4.50. The minimum absolute atomic E-state index is 0.136. The first-order valence-electron chi connectivity index (χ1n) is 9.56. The van der Waals surface area contributed by atoms with E-state index in [1.165, 1.54) is 18.2 Å². The van der Waals surface area contributed by atoms with Crippen molar-refractivity contribution in [2.75, 3.05) is 5.32 Å². The number of furan rings is 1. The van der Waals surface area contributed by atoms with Crippen LogP contribution in [0, 0.1) is 13.8 Å². The van der Waals surface area contributed by atoms with Gasteiger partial charge in [-0.05, 0) is 55.8 Å². The first kappa shape index (κ1) is 23.7. The number of nitrogens with zero attached hydrogens (tertiary/aromatic N) is 1. The van der Waals surface area contributed by atoms with Gasteiger partial charge in [-0.25, -0.2) is 13.8 Å². The fourth-order valence-electron chi connectivity index (χ4n) is 2.91. The van der Waals surface area contributed by atoms with Crippen LogP contribution >= 0.6 is 0 Å². The SMILES string of the molecule is Cc1ccc(Oc2cc(C(=O)Nc3ccc(C)cn3)cc3oc(C(F)F)cc23)cc1.O=S=O. The molecule has 0 bridgehead atoms. The van der Waals surface area contributed by atoms with E-state index in [0.29, 0.717) is 17.0 Å². The van der Waals surface area contributed by atoms with Crippen molar-refractivity contribution in [3.05, 3.63) is 83.2 Å². The number of ether oxygens (including phenoxy) is 1. The van der Waals surface area contributed by atoms with Gasteiger partial charge in [0.1, 0.15) is 22.9 Å². The molecule has 10 heteroatoms. The summed E-state index contributed by atoms with van der Waals surface area (Å²) in [7, 11) is 0. The van der Waals surface area contributed by atoms with Crippen LogP contribution in [0.25, 0.3) is 11.0 Å². The van der Waals surface area contributed by atoms with Crippen LogP contribution in [-0.4, -0.2) is 19.3 Å². The van der Waals surface area contributed by atoms with Crippen molar-refractivity contribution in [2.24, 2.45) is 0 Å². The Kier molecular flexibility index (Phi) is 7.62. The molecule has 0 aliphatic carbocycles. The molecule has 0 fully saturated rings. The maximum atomic E-state index is 13.2. The molecule has 7 nitrogen and oxygen atoms in total. The molecule has 4 aromatic rings. The predicted molar refractivity (Wildman–Crippen MR) is 118 cm³/mol. The predicted octanol–water partition coefficient (Wildman–Crippen LogP) is 5.76. The number of aromatic nitrogens is 1. The highest BCUT2D eigenvalue weighted by Crippen LogP contribution is 2.36. The van der Waals surface area contributed by atoms with E-state index in [1.54, 1.807) is 24.4 Å². The Morgan fingerprint density at radius 1 is 1.03 bits per heavy atom. The Bertz CT molecular complexity index is 1300. The first-order valence-corrected chi connectivity index (χ1v) is 10.2. The third kappa shape index (κ3) is 6.07. The number of halogens is 2. The highest BCUT2D eigenvalue weighted by molar-refractivity contribution is 7.51. The molecule has 170 valence electrons. The van der Waals surface area contributed by atoms with E-state index in [9.17, 15) is 13.6 Å². The largest absolute Gasteiger partial charge is 0.457 e. The topological polar surface area (TPSA) is 98.5 Å².